The molecule has 0 spiro atoms. The highest BCUT2D eigenvalue weighted by Gasteiger charge is 2.33. The standard InChI is InChI=1S/C16H28N2S/c1-5-13-9-7-8-10-14(13)15(17-6-2)16-11(3)18-12(4)19-16/h13-15,17H,5-10H2,1-4H3. The average molecular weight is 280 g/mol. The predicted octanol–water partition coefficient (Wildman–Crippen LogP) is 4.63. The molecule has 0 saturated heterocycles. The summed E-state index contributed by atoms with van der Waals surface area (Å²) in [7, 11) is 0. The number of hydrogen-bond donors (Lipinski definition) is 1. The molecule has 1 fully saturated rings. The fraction of sp³-hybridized carbons (Fsp3) is 0.812. The fourth-order valence-electron chi connectivity index (χ4n) is 3.68. The minimum absolute atomic E-state index is 0.529. The molecule has 3 heteroatoms. The second-order valence-corrected chi connectivity index (χ2v) is 7.07. The van der Waals surface area contributed by atoms with Gasteiger partial charge < -0.3 is 5.32 Å². The lowest BCUT2D eigenvalue weighted by atomic mass is 9.73. The van der Waals surface area contributed by atoms with Crippen LogP contribution in [0.25, 0.3) is 0 Å². The first-order valence-corrected chi connectivity index (χ1v) is 8.66. The maximum atomic E-state index is 4.64. The van der Waals surface area contributed by atoms with Crippen molar-refractivity contribution in [1.29, 1.82) is 0 Å². The Kier molecular flexibility index (Phi) is 5.40. The van der Waals surface area contributed by atoms with Gasteiger partial charge in [0.15, 0.2) is 0 Å². The first-order chi connectivity index (χ1) is 9.17. The lowest BCUT2D eigenvalue weighted by Crippen LogP contribution is -2.34. The molecule has 0 bridgehead atoms. The van der Waals surface area contributed by atoms with E-state index >= 15 is 0 Å². The summed E-state index contributed by atoms with van der Waals surface area (Å²) in [5, 5.41) is 4.97. The molecule has 0 amide bonds. The number of rotatable bonds is 5. The Bertz CT molecular complexity index is 399. The molecule has 1 aliphatic carbocycles. The van der Waals surface area contributed by atoms with Crippen LogP contribution in [-0.2, 0) is 0 Å². The quantitative estimate of drug-likeness (QED) is 0.851. The molecule has 1 N–H and O–H groups in total. The number of hydrogen-bond acceptors (Lipinski definition) is 3. The zero-order chi connectivity index (χ0) is 13.8. The van der Waals surface area contributed by atoms with Crippen molar-refractivity contribution in [3.63, 3.8) is 0 Å². The molecule has 19 heavy (non-hydrogen) atoms. The normalized spacial score (nSPS) is 25.5. The fourth-order valence-corrected chi connectivity index (χ4v) is 4.76. The highest BCUT2D eigenvalue weighted by Crippen LogP contribution is 2.42. The first kappa shape index (κ1) is 15.0. The number of nitrogens with zero attached hydrogens (tertiary/aromatic N) is 1. The van der Waals surface area contributed by atoms with Crippen LogP contribution in [0.15, 0.2) is 0 Å². The Morgan fingerprint density at radius 1 is 1.26 bits per heavy atom. The van der Waals surface area contributed by atoms with E-state index in [0.29, 0.717) is 6.04 Å². The van der Waals surface area contributed by atoms with Gasteiger partial charge in [0.2, 0.25) is 0 Å². The van der Waals surface area contributed by atoms with E-state index in [1.54, 1.807) is 0 Å². The van der Waals surface area contributed by atoms with Gasteiger partial charge in [-0.1, -0.05) is 39.5 Å². The molecule has 1 aromatic rings. The van der Waals surface area contributed by atoms with Crippen LogP contribution in [0.1, 0.15) is 67.6 Å². The Labute approximate surface area is 122 Å². The van der Waals surface area contributed by atoms with E-state index < -0.39 is 0 Å². The highest BCUT2D eigenvalue weighted by atomic mass is 32.1. The monoisotopic (exact) mass is 280 g/mol. The number of aryl methyl sites for hydroxylation is 2. The summed E-state index contributed by atoms with van der Waals surface area (Å²) in [5.74, 6) is 1.69. The summed E-state index contributed by atoms with van der Waals surface area (Å²) in [4.78, 5) is 6.13. The molecule has 3 atom stereocenters. The van der Waals surface area contributed by atoms with E-state index in [0.717, 1.165) is 18.4 Å². The van der Waals surface area contributed by atoms with Crippen molar-refractivity contribution in [2.24, 2.45) is 11.8 Å². The molecule has 108 valence electrons. The van der Waals surface area contributed by atoms with E-state index in [2.05, 4.69) is 38.0 Å². The second kappa shape index (κ2) is 6.85. The molecule has 1 aliphatic rings. The lowest BCUT2D eigenvalue weighted by molar-refractivity contribution is 0.178. The minimum atomic E-state index is 0.529. The van der Waals surface area contributed by atoms with E-state index in [1.165, 1.54) is 47.7 Å². The van der Waals surface area contributed by atoms with Crippen LogP contribution in [0.2, 0.25) is 0 Å². The van der Waals surface area contributed by atoms with Gasteiger partial charge >= 0.3 is 0 Å². The van der Waals surface area contributed by atoms with Crippen molar-refractivity contribution < 1.29 is 0 Å². The van der Waals surface area contributed by atoms with Gasteiger partial charge in [0, 0.05) is 10.9 Å². The van der Waals surface area contributed by atoms with Gasteiger partial charge in [0.1, 0.15) is 0 Å². The van der Waals surface area contributed by atoms with Crippen molar-refractivity contribution in [3.8, 4) is 0 Å². The van der Waals surface area contributed by atoms with E-state index in [4.69, 9.17) is 0 Å². The number of aromatic nitrogens is 1. The molecule has 2 nitrogen and oxygen atoms in total. The number of nitrogens with one attached hydrogen (secondary N) is 1. The van der Waals surface area contributed by atoms with Crippen LogP contribution < -0.4 is 5.32 Å². The molecule has 1 aromatic heterocycles. The van der Waals surface area contributed by atoms with Crippen LogP contribution in [0, 0.1) is 25.7 Å². The molecular formula is C16H28N2S. The topological polar surface area (TPSA) is 24.9 Å². The van der Waals surface area contributed by atoms with Gasteiger partial charge in [-0.2, -0.15) is 0 Å². The van der Waals surface area contributed by atoms with E-state index in [9.17, 15) is 0 Å². The smallest absolute Gasteiger partial charge is 0.0900 e. The zero-order valence-corrected chi connectivity index (χ0v) is 13.6. The van der Waals surface area contributed by atoms with Crippen LogP contribution in [0.5, 0.6) is 0 Å². The Hall–Kier alpha value is -0.410. The summed E-state index contributed by atoms with van der Waals surface area (Å²) in [5.41, 5.74) is 1.24. The molecule has 0 aromatic carbocycles. The van der Waals surface area contributed by atoms with Gasteiger partial charge in [-0.05, 0) is 38.6 Å². The molecule has 1 saturated carbocycles. The molecule has 0 radical (unpaired) electrons. The summed E-state index contributed by atoms with van der Waals surface area (Å²) in [6.45, 7) is 9.93. The second-order valence-electron chi connectivity index (χ2n) is 5.83. The van der Waals surface area contributed by atoms with Crippen molar-refractivity contribution in [2.45, 2.75) is 65.8 Å². The maximum Gasteiger partial charge on any atom is 0.0900 e. The third-order valence-corrected chi connectivity index (χ3v) is 5.72. The third kappa shape index (κ3) is 3.38. The van der Waals surface area contributed by atoms with Gasteiger partial charge in [-0.25, -0.2) is 4.98 Å². The molecular weight excluding hydrogens is 252 g/mol. The predicted molar refractivity (Wildman–Crippen MR) is 83.7 cm³/mol. The zero-order valence-electron chi connectivity index (χ0n) is 12.8. The molecule has 2 rings (SSSR count). The van der Waals surface area contributed by atoms with Crippen molar-refractivity contribution >= 4 is 11.3 Å². The molecule has 0 aliphatic heterocycles. The Morgan fingerprint density at radius 3 is 2.58 bits per heavy atom. The van der Waals surface area contributed by atoms with E-state index in [1.807, 2.05) is 11.3 Å². The largest absolute Gasteiger partial charge is 0.309 e. The molecule has 3 unspecified atom stereocenters. The van der Waals surface area contributed by atoms with Crippen LogP contribution in [0.3, 0.4) is 0 Å². The number of thiazole rings is 1. The van der Waals surface area contributed by atoms with Crippen molar-refractivity contribution in [1.82, 2.24) is 10.3 Å². The molecule has 1 heterocycles. The Balaban J connectivity index is 2.25. The lowest BCUT2D eigenvalue weighted by Gasteiger charge is -2.37. The maximum absolute atomic E-state index is 4.64. The highest BCUT2D eigenvalue weighted by molar-refractivity contribution is 7.11. The van der Waals surface area contributed by atoms with Crippen molar-refractivity contribution in [3.05, 3.63) is 15.6 Å². The van der Waals surface area contributed by atoms with Gasteiger partial charge in [-0.3, -0.25) is 0 Å². The minimum Gasteiger partial charge on any atom is -0.309 e. The first-order valence-electron chi connectivity index (χ1n) is 7.84. The van der Waals surface area contributed by atoms with Crippen LogP contribution in [-0.4, -0.2) is 11.5 Å². The summed E-state index contributed by atoms with van der Waals surface area (Å²) in [6, 6.07) is 0.529. The van der Waals surface area contributed by atoms with Crippen LogP contribution in [0.4, 0.5) is 0 Å². The average Bonchev–Trinajstić information content (AvgIpc) is 2.75. The van der Waals surface area contributed by atoms with Gasteiger partial charge in [0.25, 0.3) is 0 Å². The van der Waals surface area contributed by atoms with Gasteiger partial charge in [0.05, 0.1) is 10.7 Å². The van der Waals surface area contributed by atoms with Gasteiger partial charge in [-0.15, -0.1) is 11.3 Å². The summed E-state index contributed by atoms with van der Waals surface area (Å²) < 4.78 is 0. The summed E-state index contributed by atoms with van der Waals surface area (Å²) in [6.07, 6.45) is 6.95. The third-order valence-electron chi connectivity index (χ3n) is 4.57. The SMILES string of the molecule is CCNC(c1sc(C)nc1C)C1CCCCC1CC. The Morgan fingerprint density at radius 2 is 2.00 bits per heavy atom. The van der Waals surface area contributed by atoms with Crippen LogP contribution >= 0.6 is 11.3 Å². The van der Waals surface area contributed by atoms with E-state index in [-0.39, 0.29) is 0 Å². The summed E-state index contributed by atoms with van der Waals surface area (Å²) >= 11 is 1.89. The van der Waals surface area contributed by atoms with Crippen molar-refractivity contribution in [2.75, 3.05) is 6.54 Å².